The third-order valence-electron chi connectivity index (χ3n) is 5.95. The summed E-state index contributed by atoms with van der Waals surface area (Å²) in [7, 11) is 1.94. The summed E-state index contributed by atoms with van der Waals surface area (Å²) in [4.78, 5) is 11.6. The number of nitrogens with zero attached hydrogens (tertiary/aromatic N) is 4. The maximum Gasteiger partial charge on any atom is 0.137 e. The molecule has 0 saturated carbocycles. The highest BCUT2D eigenvalue weighted by Gasteiger charge is 2.30. The van der Waals surface area contributed by atoms with Crippen LogP contribution < -0.4 is 4.90 Å². The quantitative estimate of drug-likeness (QED) is 0.765. The molecule has 27 heavy (non-hydrogen) atoms. The molecule has 3 heterocycles. The smallest absolute Gasteiger partial charge is 0.137 e. The average Bonchev–Trinajstić information content (AvgIpc) is 3.12. The molecule has 1 atom stereocenters. The average molecular weight is 364 g/mol. The maximum absolute atomic E-state index is 10.8. The van der Waals surface area contributed by atoms with Crippen LogP contribution in [0.25, 0.3) is 10.9 Å². The fourth-order valence-corrected chi connectivity index (χ4v) is 4.45. The summed E-state index contributed by atoms with van der Waals surface area (Å²) in [6, 6.07) is 8.44. The van der Waals surface area contributed by atoms with Gasteiger partial charge in [0.15, 0.2) is 0 Å². The maximum atomic E-state index is 10.8. The highest BCUT2D eigenvalue weighted by molar-refractivity contribution is 5.94. The molecule has 0 bridgehead atoms. The molecule has 5 heteroatoms. The van der Waals surface area contributed by atoms with Crippen LogP contribution in [0.2, 0.25) is 0 Å². The second kappa shape index (κ2) is 7.31. The lowest BCUT2D eigenvalue weighted by atomic mass is 9.89. The molecule has 1 aliphatic heterocycles. The van der Waals surface area contributed by atoms with E-state index in [1.807, 2.05) is 17.8 Å². The molecule has 0 aliphatic carbocycles. The van der Waals surface area contributed by atoms with Gasteiger partial charge in [-0.25, -0.2) is 4.98 Å². The number of benzene rings is 1. The highest BCUT2D eigenvalue weighted by atomic mass is 16.3. The third kappa shape index (κ3) is 3.21. The van der Waals surface area contributed by atoms with Gasteiger partial charge in [0.2, 0.25) is 0 Å². The molecule has 2 aromatic heterocycles. The number of imidazole rings is 1. The van der Waals surface area contributed by atoms with Crippen LogP contribution in [0.15, 0.2) is 36.7 Å². The SMILES string of the molecule is CCc1c(C)nc2ccccc2c1N1CCC(C(O)c2nccn2C)CC1. The van der Waals surface area contributed by atoms with Crippen LogP contribution in [0, 0.1) is 12.8 Å². The first-order chi connectivity index (χ1) is 13.1. The minimum Gasteiger partial charge on any atom is -0.385 e. The van der Waals surface area contributed by atoms with Crippen molar-refractivity contribution in [3.8, 4) is 0 Å². The lowest BCUT2D eigenvalue weighted by Gasteiger charge is -2.37. The first kappa shape index (κ1) is 18.0. The van der Waals surface area contributed by atoms with Gasteiger partial charge in [0, 0.05) is 43.6 Å². The van der Waals surface area contributed by atoms with E-state index in [1.54, 1.807) is 6.20 Å². The zero-order chi connectivity index (χ0) is 19.0. The summed E-state index contributed by atoms with van der Waals surface area (Å²) in [5.41, 5.74) is 4.88. The molecule has 1 unspecified atom stereocenters. The number of aryl methyl sites for hydroxylation is 2. The Morgan fingerprint density at radius 2 is 1.96 bits per heavy atom. The van der Waals surface area contributed by atoms with E-state index in [0.717, 1.165) is 49.4 Å². The summed E-state index contributed by atoms with van der Waals surface area (Å²) in [6.07, 6.45) is 6.07. The molecular weight excluding hydrogens is 336 g/mol. The van der Waals surface area contributed by atoms with Crippen LogP contribution >= 0.6 is 0 Å². The molecule has 0 spiro atoms. The zero-order valence-electron chi connectivity index (χ0n) is 16.4. The Balaban J connectivity index is 1.61. The summed E-state index contributed by atoms with van der Waals surface area (Å²) in [5, 5.41) is 12.0. The van der Waals surface area contributed by atoms with Crippen LogP contribution in [0.5, 0.6) is 0 Å². The molecule has 0 amide bonds. The van der Waals surface area contributed by atoms with E-state index in [9.17, 15) is 5.11 Å². The van der Waals surface area contributed by atoms with Crippen molar-refractivity contribution in [1.29, 1.82) is 0 Å². The van der Waals surface area contributed by atoms with Crippen LogP contribution in [-0.4, -0.2) is 32.7 Å². The molecule has 142 valence electrons. The second-order valence-corrected chi connectivity index (χ2v) is 7.56. The molecule has 1 saturated heterocycles. The first-order valence-corrected chi connectivity index (χ1v) is 9.88. The molecule has 0 radical (unpaired) electrons. The Labute approximate surface area is 160 Å². The summed E-state index contributed by atoms with van der Waals surface area (Å²) >= 11 is 0. The van der Waals surface area contributed by atoms with E-state index in [2.05, 4.69) is 48.0 Å². The van der Waals surface area contributed by atoms with Crippen LogP contribution in [-0.2, 0) is 13.5 Å². The Hall–Kier alpha value is -2.40. The number of piperidine rings is 1. The molecule has 1 N–H and O–H groups in total. The predicted octanol–water partition coefficient (Wildman–Crippen LogP) is 3.79. The fourth-order valence-electron chi connectivity index (χ4n) is 4.45. The van der Waals surface area contributed by atoms with E-state index >= 15 is 0 Å². The number of rotatable bonds is 4. The fraction of sp³-hybridized carbons (Fsp3) is 0.455. The van der Waals surface area contributed by atoms with Gasteiger partial charge in [-0.3, -0.25) is 4.98 Å². The van der Waals surface area contributed by atoms with Crippen molar-refractivity contribution < 1.29 is 5.11 Å². The molecule has 1 fully saturated rings. The van der Waals surface area contributed by atoms with E-state index in [-0.39, 0.29) is 5.92 Å². The number of hydrogen-bond acceptors (Lipinski definition) is 4. The number of anilines is 1. The minimum atomic E-state index is -0.492. The van der Waals surface area contributed by atoms with Gasteiger partial charge in [-0.15, -0.1) is 0 Å². The zero-order valence-corrected chi connectivity index (χ0v) is 16.4. The van der Waals surface area contributed by atoms with E-state index in [0.29, 0.717) is 0 Å². The van der Waals surface area contributed by atoms with Crippen molar-refractivity contribution in [3.05, 3.63) is 53.7 Å². The van der Waals surface area contributed by atoms with Crippen molar-refractivity contribution in [2.75, 3.05) is 18.0 Å². The first-order valence-electron chi connectivity index (χ1n) is 9.88. The number of aliphatic hydroxyl groups is 1. The van der Waals surface area contributed by atoms with Gasteiger partial charge in [-0.2, -0.15) is 0 Å². The van der Waals surface area contributed by atoms with Crippen molar-refractivity contribution in [2.24, 2.45) is 13.0 Å². The number of aromatic nitrogens is 3. The van der Waals surface area contributed by atoms with E-state index in [1.165, 1.54) is 16.6 Å². The van der Waals surface area contributed by atoms with Crippen molar-refractivity contribution in [3.63, 3.8) is 0 Å². The lowest BCUT2D eigenvalue weighted by molar-refractivity contribution is 0.0825. The Morgan fingerprint density at radius 1 is 1.22 bits per heavy atom. The number of fused-ring (bicyclic) bond motifs is 1. The molecular formula is C22H28N4O. The van der Waals surface area contributed by atoms with E-state index in [4.69, 9.17) is 4.98 Å². The monoisotopic (exact) mass is 364 g/mol. The number of hydrogen-bond donors (Lipinski definition) is 1. The van der Waals surface area contributed by atoms with Crippen molar-refractivity contribution in [1.82, 2.24) is 14.5 Å². The van der Waals surface area contributed by atoms with Gasteiger partial charge in [0.25, 0.3) is 0 Å². The lowest BCUT2D eigenvalue weighted by Crippen LogP contribution is -2.37. The van der Waals surface area contributed by atoms with Crippen LogP contribution in [0.1, 0.15) is 43.0 Å². The molecule has 3 aromatic rings. The van der Waals surface area contributed by atoms with E-state index < -0.39 is 6.10 Å². The Bertz CT molecular complexity index is 941. The molecule has 1 aromatic carbocycles. The van der Waals surface area contributed by atoms with Gasteiger partial charge in [0.05, 0.1) is 11.2 Å². The minimum absolute atomic E-state index is 0.252. The van der Waals surface area contributed by atoms with Crippen molar-refractivity contribution in [2.45, 2.75) is 39.2 Å². The van der Waals surface area contributed by atoms with Gasteiger partial charge >= 0.3 is 0 Å². The highest BCUT2D eigenvalue weighted by Crippen LogP contribution is 2.37. The largest absolute Gasteiger partial charge is 0.385 e. The Morgan fingerprint density at radius 3 is 2.63 bits per heavy atom. The summed E-state index contributed by atoms with van der Waals surface area (Å²) in [5.74, 6) is 1.02. The standard InChI is InChI=1S/C22H28N4O/c1-4-17-15(2)24-19-8-6-5-7-18(19)20(17)26-12-9-16(10-13-26)21(27)22-23-11-14-25(22)3/h5-8,11,14,16,21,27H,4,9-10,12-13H2,1-3H3. The predicted molar refractivity (Wildman–Crippen MR) is 109 cm³/mol. The molecule has 5 nitrogen and oxygen atoms in total. The molecule has 1 aliphatic rings. The van der Waals surface area contributed by atoms with Gasteiger partial charge in [-0.05, 0) is 43.7 Å². The van der Waals surface area contributed by atoms with Crippen molar-refractivity contribution >= 4 is 16.6 Å². The number of pyridine rings is 1. The summed E-state index contributed by atoms with van der Waals surface area (Å²) in [6.45, 7) is 6.23. The van der Waals surface area contributed by atoms with Gasteiger partial charge in [-0.1, -0.05) is 25.1 Å². The normalized spacial score (nSPS) is 16.8. The number of para-hydroxylation sites is 1. The third-order valence-corrected chi connectivity index (χ3v) is 5.95. The number of aliphatic hydroxyl groups excluding tert-OH is 1. The van der Waals surface area contributed by atoms with Gasteiger partial charge < -0.3 is 14.6 Å². The van der Waals surface area contributed by atoms with Gasteiger partial charge in [0.1, 0.15) is 11.9 Å². The Kier molecular flexibility index (Phi) is 4.87. The summed E-state index contributed by atoms with van der Waals surface area (Å²) < 4.78 is 1.92. The second-order valence-electron chi connectivity index (χ2n) is 7.56. The van der Waals surface area contributed by atoms with Crippen LogP contribution in [0.3, 0.4) is 0 Å². The topological polar surface area (TPSA) is 54.2 Å². The van der Waals surface area contributed by atoms with Crippen LogP contribution in [0.4, 0.5) is 5.69 Å². The molecule has 4 rings (SSSR count).